The van der Waals surface area contributed by atoms with Gasteiger partial charge in [-0.3, -0.25) is 0 Å². The minimum atomic E-state index is 0. The van der Waals surface area contributed by atoms with Crippen LogP contribution in [-0.4, -0.2) is 5.11 Å². The number of aromatic hydroxyl groups is 1. The number of hydrogen-bond acceptors (Lipinski definition) is 1. The van der Waals surface area contributed by atoms with Crippen molar-refractivity contribution in [2.45, 2.75) is 0 Å². The number of benzene rings is 4. The second-order valence-corrected chi connectivity index (χ2v) is 6.04. The lowest BCUT2D eigenvalue weighted by atomic mass is 9.96. The van der Waals surface area contributed by atoms with Crippen molar-refractivity contribution in [3.63, 3.8) is 0 Å². The van der Waals surface area contributed by atoms with Crippen molar-refractivity contribution in [2.75, 3.05) is 0 Å². The molecular weight excluding hydrogens is 359 g/mol. The van der Waals surface area contributed by atoms with Gasteiger partial charge in [0.2, 0.25) is 0 Å². The normalized spacial score (nSPS) is 9.29. The Hall–Kier alpha value is -3.15. The molecule has 0 aliphatic rings. The van der Waals surface area contributed by atoms with Gasteiger partial charge in [0.05, 0.1) is 0 Å². The van der Waals surface area contributed by atoms with Gasteiger partial charge in [-0.25, -0.2) is 0 Å². The summed E-state index contributed by atoms with van der Waals surface area (Å²) >= 11 is 0. The summed E-state index contributed by atoms with van der Waals surface area (Å²) in [5.74, 6) is 0.322. The second kappa shape index (κ2) is 11.5. The van der Waals surface area contributed by atoms with Gasteiger partial charge in [-0.15, -0.1) is 0 Å². The molecule has 0 saturated heterocycles. The smallest absolute Gasteiger partial charge is 0.115 e. The van der Waals surface area contributed by atoms with E-state index in [1.807, 2.05) is 12.1 Å². The zero-order valence-corrected chi connectivity index (χ0v) is 17.2. The molecule has 0 radical (unpaired) electrons. The summed E-state index contributed by atoms with van der Waals surface area (Å²) in [6.45, 7) is 0. The summed E-state index contributed by atoms with van der Waals surface area (Å²) in [5.41, 5.74) is 4.94. The van der Waals surface area contributed by atoms with Crippen LogP contribution in [0.3, 0.4) is 0 Å². The zero-order valence-electron chi connectivity index (χ0n) is 15.8. The van der Waals surface area contributed by atoms with E-state index in [4.69, 9.17) is 5.11 Å². The Morgan fingerprint density at radius 2 is 0.857 bits per heavy atom. The highest BCUT2D eigenvalue weighted by atomic mass is 31.0. The van der Waals surface area contributed by atoms with Gasteiger partial charge in [0.25, 0.3) is 0 Å². The molecule has 1 atom stereocenters. The maximum atomic E-state index is 8.63. The Bertz CT molecular complexity index is 909. The fourth-order valence-corrected chi connectivity index (χ4v) is 2.71. The van der Waals surface area contributed by atoms with Crippen molar-refractivity contribution < 1.29 is 5.11 Å². The SMILES string of the molecule is C(=C(c1ccccc1)c1ccccc1)c1ccccc1.Oc1ccccc1.P. The molecule has 0 aliphatic carbocycles. The summed E-state index contributed by atoms with van der Waals surface area (Å²) in [5, 5.41) is 8.63. The number of hydrogen-bond donors (Lipinski definition) is 1. The van der Waals surface area contributed by atoms with Crippen molar-refractivity contribution in [1.82, 2.24) is 0 Å². The van der Waals surface area contributed by atoms with E-state index >= 15 is 0 Å². The van der Waals surface area contributed by atoms with Crippen LogP contribution in [0.1, 0.15) is 16.7 Å². The number of para-hydroxylation sites is 1. The Kier molecular flexibility index (Phi) is 8.72. The quantitative estimate of drug-likeness (QED) is 0.307. The highest BCUT2D eigenvalue weighted by molar-refractivity contribution is 6.92. The molecule has 1 unspecified atom stereocenters. The molecule has 0 fully saturated rings. The molecule has 0 spiro atoms. The van der Waals surface area contributed by atoms with Crippen molar-refractivity contribution >= 4 is 21.5 Å². The third-order valence-corrected chi connectivity index (χ3v) is 4.04. The molecule has 0 saturated carbocycles. The summed E-state index contributed by atoms with van der Waals surface area (Å²) in [4.78, 5) is 0. The first kappa shape index (κ1) is 21.2. The maximum absolute atomic E-state index is 8.63. The Balaban J connectivity index is 0.000000298. The molecule has 0 amide bonds. The van der Waals surface area contributed by atoms with Crippen LogP contribution in [0.4, 0.5) is 0 Å². The average molecular weight is 384 g/mol. The highest BCUT2D eigenvalue weighted by Gasteiger charge is 2.04. The van der Waals surface area contributed by atoms with E-state index in [0.717, 1.165) is 0 Å². The number of phenols is 1. The molecule has 0 aromatic heterocycles. The van der Waals surface area contributed by atoms with Gasteiger partial charge in [-0.05, 0) is 40.5 Å². The molecule has 0 bridgehead atoms. The molecule has 1 nitrogen and oxygen atoms in total. The van der Waals surface area contributed by atoms with Gasteiger partial charge >= 0.3 is 0 Å². The first-order valence-corrected chi connectivity index (χ1v) is 8.94. The van der Waals surface area contributed by atoms with Gasteiger partial charge < -0.3 is 5.11 Å². The summed E-state index contributed by atoms with van der Waals surface area (Å²) in [7, 11) is 0. The van der Waals surface area contributed by atoms with Crippen LogP contribution >= 0.6 is 9.90 Å². The van der Waals surface area contributed by atoms with Crippen LogP contribution in [0.5, 0.6) is 5.75 Å². The molecule has 140 valence electrons. The van der Waals surface area contributed by atoms with E-state index in [9.17, 15) is 0 Å². The van der Waals surface area contributed by atoms with E-state index in [-0.39, 0.29) is 9.90 Å². The lowest BCUT2D eigenvalue weighted by Crippen LogP contribution is -1.87. The van der Waals surface area contributed by atoms with Crippen molar-refractivity contribution in [3.8, 4) is 5.75 Å². The van der Waals surface area contributed by atoms with Gasteiger partial charge in [0, 0.05) is 0 Å². The lowest BCUT2D eigenvalue weighted by Gasteiger charge is -2.08. The molecule has 0 aliphatic heterocycles. The van der Waals surface area contributed by atoms with E-state index in [1.54, 1.807) is 24.3 Å². The maximum Gasteiger partial charge on any atom is 0.115 e. The van der Waals surface area contributed by atoms with Crippen molar-refractivity contribution in [1.29, 1.82) is 0 Å². The number of rotatable bonds is 3. The van der Waals surface area contributed by atoms with E-state index in [0.29, 0.717) is 5.75 Å². The zero-order chi connectivity index (χ0) is 18.7. The van der Waals surface area contributed by atoms with Crippen LogP contribution in [0.15, 0.2) is 121 Å². The summed E-state index contributed by atoms with van der Waals surface area (Å²) < 4.78 is 0. The van der Waals surface area contributed by atoms with Crippen molar-refractivity contribution in [2.24, 2.45) is 0 Å². The summed E-state index contributed by atoms with van der Waals surface area (Å²) in [6.07, 6.45) is 2.24. The first-order chi connectivity index (χ1) is 13.3. The van der Waals surface area contributed by atoms with Crippen LogP contribution in [0, 0.1) is 0 Å². The molecule has 1 N–H and O–H groups in total. The predicted octanol–water partition coefficient (Wildman–Crippen LogP) is 6.73. The van der Waals surface area contributed by atoms with E-state index in [1.165, 1.54) is 22.3 Å². The van der Waals surface area contributed by atoms with Crippen LogP contribution in [0.25, 0.3) is 11.6 Å². The second-order valence-electron chi connectivity index (χ2n) is 6.04. The molecule has 4 aromatic rings. The van der Waals surface area contributed by atoms with Crippen molar-refractivity contribution in [3.05, 3.63) is 138 Å². The van der Waals surface area contributed by atoms with E-state index in [2.05, 4.69) is 91.0 Å². The van der Waals surface area contributed by atoms with Crippen LogP contribution < -0.4 is 0 Å². The summed E-state index contributed by atoms with van der Waals surface area (Å²) in [6, 6.07) is 40.2. The largest absolute Gasteiger partial charge is 0.508 e. The minimum absolute atomic E-state index is 0. The number of phenolic OH excluding ortho intramolecular Hbond substituents is 1. The molecule has 28 heavy (non-hydrogen) atoms. The fraction of sp³-hybridized carbons (Fsp3) is 0. The van der Waals surface area contributed by atoms with Gasteiger partial charge in [0.15, 0.2) is 0 Å². The minimum Gasteiger partial charge on any atom is -0.508 e. The Morgan fingerprint density at radius 1 is 0.500 bits per heavy atom. The molecule has 4 aromatic carbocycles. The predicted molar refractivity (Wildman–Crippen MR) is 126 cm³/mol. The van der Waals surface area contributed by atoms with E-state index < -0.39 is 0 Å². The lowest BCUT2D eigenvalue weighted by molar-refractivity contribution is 0.475. The monoisotopic (exact) mass is 384 g/mol. The van der Waals surface area contributed by atoms with Gasteiger partial charge in [0.1, 0.15) is 5.75 Å². The van der Waals surface area contributed by atoms with Gasteiger partial charge in [-0.1, -0.05) is 109 Å². The Labute approximate surface area is 170 Å². The third-order valence-electron chi connectivity index (χ3n) is 4.04. The average Bonchev–Trinajstić information content (AvgIpc) is 2.75. The van der Waals surface area contributed by atoms with Crippen LogP contribution in [0.2, 0.25) is 0 Å². The fourth-order valence-electron chi connectivity index (χ4n) is 2.71. The first-order valence-electron chi connectivity index (χ1n) is 8.94. The highest BCUT2D eigenvalue weighted by Crippen LogP contribution is 2.25. The van der Waals surface area contributed by atoms with Crippen LogP contribution in [-0.2, 0) is 0 Å². The van der Waals surface area contributed by atoms with Gasteiger partial charge in [-0.2, -0.15) is 9.90 Å². The molecule has 4 rings (SSSR count). The molecule has 0 heterocycles. The Morgan fingerprint density at radius 3 is 1.21 bits per heavy atom. The molecule has 2 heteroatoms. The topological polar surface area (TPSA) is 20.2 Å². The molecular formula is C26H25OP. The third kappa shape index (κ3) is 6.54. The standard InChI is InChI=1S/C20H16.C6H6O.H3P/c1-4-10-17(11-5-1)16-20(18-12-6-2-7-13-18)19-14-8-3-9-15-19;7-6-4-2-1-3-5-6;/h1-16H;1-5,7H;1H3.